The Hall–Kier alpha value is -2.59. The first-order chi connectivity index (χ1) is 11.7. The van der Waals surface area contributed by atoms with E-state index in [1.165, 1.54) is 12.1 Å². The molecule has 3 N–H and O–H groups in total. The van der Waals surface area contributed by atoms with Crippen LogP contribution in [0.5, 0.6) is 0 Å². The van der Waals surface area contributed by atoms with E-state index in [1.807, 2.05) is 5.32 Å². The zero-order valence-electron chi connectivity index (χ0n) is 12.5. The molecule has 25 heavy (non-hydrogen) atoms. The number of anilines is 2. The third-order valence-electron chi connectivity index (χ3n) is 3.61. The van der Waals surface area contributed by atoms with Crippen molar-refractivity contribution in [2.45, 2.75) is 12.8 Å². The van der Waals surface area contributed by atoms with E-state index in [2.05, 4.69) is 5.32 Å². The maximum absolute atomic E-state index is 13.6. The van der Waals surface area contributed by atoms with Crippen molar-refractivity contribution in [3.8, 4) is 0 Å². The van der Waals surface area contributed by atoms with Crippen LogP contribution >= 0.6 is 0 Å². The molecular formula is C15H11BF4N2O3. The Labute approximate surface area is 139 Å². The standard InChI is InChI=1S/C15H11BF4N2O3/c17-12-4-2-9(15(18,19)20)5-13(12)22-14(23)21-10-3-1-8-7-25-16(24)11(8)6-10/h1-6,24H,7H2,(H2,21,22,23). The topological polar surface area (TPSA) is 70.6 Å². The molecule has 0 spiro atoms. The molecule has 1 aliphatic heterocycles. The van der Waals surface area contributed by atoms with Crippen molar-refractivity contribution in [1.82, 2.24) is 0 Å². The first-order valence-corrected chi connectivity index (χ1v) is 7.11. The van der Waals surface area contributed by atoms with E-state index in [0.717, 1.165) is 5.56 Å². The largest absolute Gasteiger partial charge is 0.491 e. The zero-order valence-corrected chi connectivity index (χ0v) is 12.5. The molecule has 10 heteroatoms. The van der Waals surface area contributed by atoms with Gasteiger partial charge in [-0.3, -0.25) is 0 Å². The van der Waals surface area contributed by atoms with Crippen molar-refractivity contribution in [3.05, 3.63) is 53.3 Å². The highest BCUT2D eigenvalue weighted by atomic mass is 19.4. The van der Waals surface area contributed by atoms with Gasteiger partial charge < -0.3 is 20.3 Å². The summed E-state index contributed by atoms with van der Waals surface area (Å²) in [4.78, 5) is 11.9. The van der Waals surface area contributed by atoms with E-state index in [-0.39, 0.29) is 12.3 Å². The average molecular weight is 354 g/mol. The number of halogens is 4. The smallest absolute Gasteiger partial charge is 0.423 e. The third-order valence-corrected chi connectivity index (χ3v) is 3.61. The van der Waals surface area contributed by atoms with Gasteiger partial charge in [0.25, 0.3) is 0 Å². The maximum atomic E-state index is 13.6. The minimum Gasteiger partial charge on any atom is -0.423 e. The normalized spacial score (nSPS) is 13.6. The molecule has 2 aromatic carbocycles. The van der Waals surface area contributed by atoms with Crippen LogP contribution in [0.4, 0.5) is 33.7 Å². The van der Waals surface area contributed by atoms with E-state index >= 15 is 0 Å². The fraction of sp³-hybridized carbons (Fsp3) is 0.133. The lowest BCUT2D eigenvalue weighted by Gasteiger charge is -2.12. The Morgan fingerprint density at radius 3 is 2.64 bits per heavy atom. The molecule has 0 bridgehead atoms. The minimum atomic E-state index is -4.66. The molecule has 130 valence electrons. The predicted molar refractivity (Wildman–Crippen MR) is 82.9 cm³/mol. The minimum absolute atomic E-state index is 0.235. The Kier molecular flexibility index (Phi) is 4.40. The van der Waals surface area contributed by atoms with Crippen LogP contribution in [0.3, 0.4) is 0 Å². The molecular weight excluding hydrogens is 343 g/mol. The quantitative estimate of drug-likeness (QED) is 0.574. The lowest BCUT2D eigenvalue weighted by atomic mass is 9.79. The second-order valence-corrected chi connectivity index (χ2v) is 5.35. The van der Waals surface area contributed by atoms with E-state index < -0.39 is 36.4 Å². The molecule has 0 aromatic heterocycles. The number of urea groups is 1. The number of fused-ring (bicyclic) bond motifs is 1. The van der Waals surface area contributed by atoms with Crippen molar-refractivity contribution in [1.29, 1.82) is 0 Å². The molecule has 0 saturated heterocycles. The van der Waals surface area contributed by atoms with Gasteiger partial charge in [0.15, 0.2) is 0 Å². The fourth-order valence-electron chi connectivity index (χ4n) is 2.37. The third kappa shape index (κ3) is 3.75. The molecule has 0 radical (unpaired) electrons. The van der Waals surface area contributed by atoms with Crippen molar-refractivity contribution in [3.63, 3.8) is 0 Å². The van der Waals surface area contributed by atoms with Gasteiger partial charge in [-0.05, 0) is 41.4 Å². The maximum Gasteiger partial charge on any atom is 0.491 e. The Bertz CT molecular complexity index is 829. The number of benzene rings is 2. The molecule has 0 unspecified atom stereocenters. The second-order valence-electron chi connectivity index (χ2n) is 5.35. The van der Waals surface area contributed by atoms with Gasteiger partial charge >= 0.3 is 19.3 Å². The average Bonchev–Trinajstić information content (AvgIpc) is 2.89. The summed E-state index contributed by atoms with van der Waals surface area (Å²) in [7, 11) is -1.11. The summed E-state index contributed by atoms with van der Waals surface area (Å²) in [5.74, 6) is -0.999. The van der Waals surface area contributed by atoms with Crippen LogP contribution in [0, 0.1) is 5.82 Å². The molecule has 2 aromatic rings. The van der Waals surface area contributed by atoms with Crippen LogP contribution in [-0.2, 0) is 17.4 Å². The highest BCUT2D eigenvalue weighted by Crippen LogP contribution is 2.31. The number of rotatable bonds is 2. The Balaban J connectivity index is 1.74. The van der Waals surface area contributed by atoms with Crippen molar-refractivity contribution < 1.29 is 32.0 Å². The van der Waals surface area contributed by atoms with Gasteiger partial charge in [-0.15, -0.1) is 0 Å². The molecule has 0 fully saturated rings. The van der Waals surface area contributed by atoms with Crippen LogP contribution in [-0.4, -0.2) is 18.2 Å². The fourth-order valence-corrected chi connectivity index (χ4v) is 2.37. The van der Waals surface area contributed by atoms with Crippen molar-refractivity contribution in [2.75, 3.05) is 10.6 Å². The predicted octanol–water partition coefficient (Wildman–Crippen LogP) is 2.71. The molecule has 0 atom stereocenters. The van der Waals surface area contributed by atoms with E-state index in [1.54, 1.807) is 6.07 Å². The van der Waals surface area contributed by atoms with Gasteiger partial charge in [0.1, 0.15) is 5.82 Å². The van der Waals surface area contributed by atoms with E-state index in [0.29, 0.717) is 23.7 Å². The second kappa shape index (κ2) is 6.38. The number of amides is 2. The molecule has 3 rings (SSSR count). The summed E-state index contributed by atoms with van der Waals surface area (Å²) in [6, 6.07) is 5.42. The zero-order chi connectivity index (χ0) is 18.2. The lowest BCUT2D eigenvalue weighted by Crippen LogP contribution is -2.29. The van der Waals surface area contributed by atoms with Crippen LogP contribution in [0.2, 0.25) is 0 Å². The molecule has 1 heterocycles. The van der Waals surface area contributed by atoms with Crippen LogP contribution in [0.1, 0.15) is 11.1 Å². The number of hydrogen-bond acceptors (Lipinski definition) is 3. The van der Waals surface area contributed by atoms with E-state index in [4.69, 9.17) is 4.65 Å². The van der Waals surface area contributed by atoms with Crippen LogP contribution < -0.4 is 16.1 Å². The summed E-state index contributed by atoms with van der Waals surface area (Å²) in [5, 5.41) is 14.0. The molecule has 5 nitrogen and oxygen atoms in total. The van der Waals surface area contributed by atoms with Crippen molar-refractivity contribution in [2.24, 2.45) is 0 Å². The molecule has 0 aliphatic carbocycles. The molecule has 2 amide bonds. The van der Waals surface area contributed by atoms with Crippen molar-refractivity contribution >= 4 is 30.0 Å². The number of alkyl halides is 3. The highest BCUT2D eigenvalue weighted by molar-refractivity contribution is 6.61. The monoisotopic (exact) mass is 354 g/mol. The summed E-state index contributed by atoms with van der Waals surface area (Å²) < 4.78 is 56.6. The Morgan fingerprint density at radius 1 is 1.16 bits per heavy atom. The lowest BCUT2D eigenvalue weighted by molar-refractivity contribution is -0.137. The number of carbonyl (C=O) groups excluding carboxylic acids is 1. The summed E-state index contributed by atoms with van der Waals surface area (Å²) in [6.45, 7) is 0.235. The Morgan fingerprint density at radius 2 is 1.92 bits per heavy atom. The van der Waals surface area contributed by atoms with Gasteiger partial charge in [0.05, 0.1) is 17.9 Å². The summed E-state index contributed by atoms with van der Waals surface area (Å²) >= 11 is 0. The van der Waals surface area contributed by atoms with Crippen LogP contribution in [0.15, 0.2) is 36.4 Å². The van der Waals surface area contributed by atoms with Crippen LogP contribution in [0.25, 0.3) is 0 Å². The first kappa shape index (κ1) is 17.2. The van der Waals surface area contributed by atoms with Gasteiger partial charge in [0, 0.05) is 5.69 Å². The summed E-state index contributed by atoms with van der Waals surface area (Å²) in [6.07, 6.45) is -4.66. The first-order valence-electron chi connectivity index (χ1n) is 7.11. The van der Waals surface area contributed by atoms with Gasteiger partial charge in [-0.25, -0.2) is 9.18 Å². The van der Waals surface area contributed by atoms with E-state index in [9.17, 15) is 27.4 Å². The number of nitrogens with one attached hydrogen (secondary N) is 2. The molecule has 0 saturated carbocycles. The number of carbonyl (C=O) groups is 1. The highest BCUT2D eigenvalue weighted by Gasteiger charge is 2.31. The van der Waals surface area contributed by atoms with Gasteiger partial charge in [-0.1, -0.05) is 6.07 Å². The molecule has 1 aliphatic rings. The summed E-state index contributed by atoms with van der Waals surface area (Å²) in [5.41, 5.74) is -0.183. The SMILES string of the molecule is O=C(Nc1ccc2c(c1)B(O)OC2)Nc1cc(C(F)(F)F)ccc1F. The number of hydrogen-bond donors (Lipinski definition) is 3. The van der Waals surface area contributed by atoms with Gasteiger partial charge in [0.2, 0.25) is 0 Å². The van der Waals surface area contributed by atoms with Gasteiger partial charge in [-0.2, -0.15) is 13.2 Å².